The van der Waals surface area contributed by atoms with Gasteiger partial charge in [0.25, 0.3) is 0 Å². The van der Waals surface area contributed by atoms with Crippen LogP contribution in [0.1, 0.15) is 6.85 Å². The van der Waals surface area contributed by atoms with E-state index in [1.54, 1.807) is 6.20 Å². The Morgan fingerprint density at radius 1 is 0.432 bits per heavy atom. The third-order valence-corrected chi connectivity index (χ3v) is 8.58. The highest BCUT2D eigenvalue weighted by molar-refractivity contribution is 6.24. The van der Waals surface area contributed by atoms with Crippen molar-refractivity contribution in [3.05, 3.63) is 158 Å². The van der Waals surface area contributed by atoms with Crippen LogP contribution in [0.3, 0.4) is 0 Å². The second-order valence-electron chi connectivity index (χ2n) is 11.0. The zero-order valence-electron chi connectivity index (χ0n) is 28.5. The fourth-order valence-corrected chi connectivity index (χ4v) is 6.68. The molecule has 0 saturated heterocycles. The molecular formula is C42H26N2. The van der Waals surface area contributed by atoms with Crippen molar-refractivity contribution in [3.63, 3.8) is 0 Å². The van der Waals surface area contributed by atoms with E-state index in [9.17, 15) is 0 Å². The molecule has 2 heterocycles. The van der Waals surface area contributed by atoms with E-state index in [4.69, 9.17) is 11.8 Å². The minimum atomic E-state index is -0.402. The topological polar surface area (TPSA) is 25.8 Å². The molecule has 0 fully saturated rings. The third-order valence-electron chi connectivity index (χ3n) is 8.58. The summed E-state index contributed by atoms with van der Waals surface area (Å²) < 4.78 is 42.8. The summed E-state index contributed by atoms with van der Waals surface area (Å²) in [6, 6.07) is 39.4. The van der Waals surface area contributed by atoms with Crippen LogP contribution < -0.4 is 0 Å². The minimum absolute atomic E-state index is 0.203. The largest absolute Gasteiger partial charge is 0.254 e. The van der Waals surface area contributed by atoms with Crippen LogP contribution in [0.4, 0.5) is 0 Å². The molecule has 9 aromatic rings. The van der Waals surface area contributed by atoms with Gasteiger partial charge in [-0.3, -0.25) is 4.98 Å². The lowest BCUT2D eigenvalue weighted by atomic mass is 9.84. The molecule has 0 amide bonds. The number of pyridine rings is 2. The normalized spacial score (nSPS) is 13.2. The zero-order valence-corrected chi connectivity index (χ0v) is 23.5. The standard InChI is InChI=1S/C42H26N2/c1-2-11-27(12-3-1)39-33-16-6-8-18-35(33)40(36-19-9-7-17-34(36)39)37-24-23-32(30-14-4-5-15-31(30)37)38-25-22-29-21-20-28-13-10-26-43-41(28)42(29)44-38/h1-26H/i1D,2D,3D,11D,12D. The second kappa shape index (κ2) is 9.86. The Labute approximate surface area is 261 Å². The molecule has 0 aliphatic carbocycles. The number of nitrogens with zero attached hydrogens (tertiary/aromatic N) is 2. The Morgan fingerprint density at radius 2 is 0.977 bits per heavy atom. The van der Waals surface area contributed by atoms with Crippen LogP contribution in [0.15, 0.2) is 158 Å². The lowest BCUT2D eigenvalue weighted by Crippen LogP contribution is -1.93. The summed E-state index contributed by atoms with van der Waals surface area (Å²) in [6.45, 7) is 0. The number of rotatable bonds is 3. The van der Waals surface area contributed by atoms with Crippen LogP contribution in [-0.4, -0.2) is 9.97 Å². The predicted octanol–water partition coefficient (Wildman–Crippen LogP) is 11.2. The molecule has 0 aliphatic heterocycles. The van der Waals surface area contributed by atoms with Gasteiger partial charge in [-0.25, -0.2) is 4.98 Å². The van der Waals surface area contributed by atoms with Gasteiger partial charge in [0, 0.05) is 22.5 Å². The number of fused-ring (bicyclic) bond motifs is 6. The molecule has 7 aromatic carbocycles. The van der Waals surface area contributed by atoms with Gasteiger partial charge in [-0.05, 0) is 66.7 Å². The number of hydrogen-bond acceptors (Lipinski definition) is 2. The van der Waals surface area contributed by atoms with Crippen LogP contribution in [0, 0.1) is 0 Å². The summed E-state index contributed by atoms with van der Waals surface area (Å²) in [6.07, 6.45) is 1.80. The summed E-state index contributed by atoms with van der Waals surface area (Å²) in [5.41, 5.74) is 6.50. The highest BCUT2D eigenvalue weighted by atomic mass is 14.8. The van der Waals surface area contributed by atoms with Crippen molar-refractivity contribution in [1.82, 2.24) is 9.97 Å². The molecule has 0 atom stereocenters. The molecule has 0 aliphatic rings. The van der Waals surface area contributed by atoms with E-state index < -0.39 is 6.04 Å². The van der Waals surface area contributed by atoms with Crippen molar-refractivity contribution < 1.29 is 6.85 Å². The van der Waals surface area contributed by atoms with E-state index in [1.807, 2.05) is 54.6 Å². The van der Waals surface area contributed by atoms with Crippen LogP contribution in [0.5, 0.6) is 0 Å². The monoisotopic (exact) mass is 563 g/mol. The Morgan fingerprint density at radius 3 is 1.66 bits per heavy atom. The zero-order chi connectivity index (χ0) is 33.4. The Hall–Kier alpha value is -5.86. The van der Waals surface area contributed by atoms with Gasteiger partial charge in [-0.2, -0.15) is 0 Å². The van der Waals surface area contributed by atoms with E-state index >= 15 is 0 Å². The summed E-state index contributed by atoms with van der Waals surface area (Å²) in [5.74, 6) is 0. The van der Waals surface area contributed by atoms with Crippen molar-refractivity contribution >= 4 is 54.1 Å². The number of hydrogen-bond donors (Lipinski definition) is 0. The van der Waals surface area contributed by atoms with Gasteiger partial charge < -0.3 is 0 Å². The molecule has 0 bridgehead atoms. The van der Waals surface area contributed by atoms with E-state index in [1.165, 1.54) is 0 Å². The highest BCUT2D eigenvalue weighted by Crippen LogP contribution is 2.46. The molecule has 2 heteroatoms. The predicted molar refractivity (Wildman–Crippen MR) is 186 cm³/mol. The molecule has 0 N–H and O–H groups in total. The minimum Gasteiger partial charge on any atom is -0.254 e. The van der Waals surface area contributed by atoms with Gasteiger partial charge in [0.15, 0.2) is 0 Å². The average Bonchev–Trinajstić information content (AvgIpc) is 3.15. The summed E-state index contributed by atoms with van der Waals surface area (Å²) in [7, 11) is 0. The Balaban J connectivity index is 1.35. The molecule has 0 radical (unpaired) electrons. The number of aromatic nitrogens is 2. The van der Waals surface area contributed by atoms with Crippen molar-refractivity contribution in [3.8, 4) is 33.5 Å². The van der Waals surface area contributed by atoms with Crippen LogP contribution in [0.25, 0.3) is 87.6 Å². The molecule has 0 saturated carbocycles. The van der Waals surface area contributed by atoms with E-state index in [0.29, 0.717) is 5.56 Å². The third kappa shape index (κ3) is 3.75. The molecule has 2 aromatic heterocycles. The molecule has 0 spiro atoms. The first-order valence-corrected chi connectivity index (χ1v) is 14.6. The van der Waals surface area contributed by atoms with Crippen LogP contribution in [0.2, 0.25) is 0 Å². The number of benzene rings is 7. The molecular weight excluding hydrogens is 532 g/mol. The maximum absolute atomic E-state index is 8.87. The van der Waals surface area contributed by atoms with Crippen molar-refractivity contribution in [2.24, 2.45) is 0 Å². The Kier molecular flexibility index (Phi) is 4.51. The van der Waals surface area contributed by atoms with Crippen LogP contribution in [-0.2, 0) is 0 Å². The fourth-order valence-electron chi connectivity index (χ4n) is 6.68. The first-order valence-electron chi connectivity index (χ1n) is 17.1. The first kappa shape index (κ1) is 20.1. The maximum Gasteiger partial charge on any atom is 0.0972 e. The van der Waals surface area contributed by atoms with E-state index in [-0.39, 0.29) is 29.7 Å². The van der Waals surface area contributed by atoms with E-state index in [0.717, 1.165) is 76.5 Å². The average molecular weight is 564 g/mol. The smallest absolute Gasteiger partial charge is 0.0972 e. The Bertz CT molecular complexity index is 2760. The molecule has 2 nitrogen and oxygen atoms in total. The van der Waals surface area contributed by atoms with Gasteiger partial charge in [-0.15, -0.1) is 0 Å². The van der Waals surface area contributed by atoms with Crippen molar-refractivity contribution in [2.75, 3.05) is 0 Å². The van der Waals surface area contributed by atoms with Gasteiger partial charge >= 0.3 is 0 Å². The summed E-state index contributed by atoms with van der Waals surface area (Å²) in [4.78, 5) is 9.82. The first-order chi connectivity index (χ1) is 23.9. The molecule has 0 unspecified atom stereocenters. The fraction of sp³-hybridized carbons (Fsp3) is 0. The van der Waals surface area contributed by atoms with Gasteiger partial charge in [0.2, 0.25) is 0 Å². The molecule has 204 valence electrons. The SMILES string of the molecule is [2H]c1c([2H])c([2H])c(-c2c3ccccc3c(-c3ccc(-c4ccc5ccc6cccnc6c5n4)c4ccccc34)c3ccccc23)c([2H])c1[2H]. The van der Waals surface area contributed by atoms with E-state index in [2.05, 4.69) is 71.7 Å². The van der Waals surface area contributed by atoms with Crippen molar-refractivity contribution in [2.45, 2.75) is 0 Å². The lowest BCUT2D eigenvalue weighted by molar-refractivity contribution is 1.37. The quantitative estimate of drug-likeness (QED) is 0.158. The summed E-state index contributed by atoms with van der Waals surface area (Å²) in [5, 5.41) is 7.70. The molecule has 9 rings (SSSR count). The maximum atomic E-state index is 8.87. The lowest BCUT2D eigenvalue weighted by Gasteiger charge is -2.19. The van der Waals surface area contributed by atoms with Crippen LogP contribution >= 0.6 is 0 Å². The summed E-state index contributed by atoms with van der Waals surface area (Å²) >= 11 is 0. The highest BCUT2D eigenvalue weighted by Gasteiger charge is 2.19. The van der Waals surface area contributed by atoms with Gasteiger partial charge in [0.1, 0.15) is 0 Å². The second-order valence-corrected chi connectivity index (χ2v) is 11.0. The van der Waals surface area contributed by atoms with Crippen molar-refractivity contribution in [1.29, 1.82) is 0 Å². The van der Waals surface area contributed by atoms with Gasteiger partial charge in [-0.1, -0.05) is 139 Å². The van der Waals surface area contributed by atoms with Gasteiger partial charge in [0.05, 0.1) is 23.6 Å². The molecule has 44 heavy (non-hydrogen) atoms.